The summed E-state index contributed by atoms with van der Waals surface area (Å²) in [4.78, 5) is 6.86. The molecule has 1 rings (SSSR count). The van der Waals surface area contributed by atoms with Crippen molar-refractivity contribution in [3.63, 3.8) is 0 Å². The first-order chi connectivity index (χ1) is 9.87. The minimum Gasteiger partial charge on any atom is -0.383 e. The van der Waals surface area contributed by atoms with Crippen LogP contribution in [0, 0.1) is 0 Å². The average Bonchev–Trinajstić information content (AvgIpc) is 2.45. The van der Waals surface area contributed by atoms with Crippen LogP contribution in [0.1, 0.15) is 46.7 Å². The second-order valence-corrected chi connectivity index (χ2v) is 6.55. The van der Waals surface area contributed by atoms with E-state index in [0.29, 0.717) is 6.04 Å². The summed E-state index contributed by atoms with van der Waals surface area (Å²) in [5, 5.41) is 3.48. The summed E-state index contributed by atoms with van der Waals surface area (Å²) in [5.41, 5.74) is 2.40. The second-order valence-electron chi connectivity index (χ2n) is 6.55. The molecule has 0 aliphatic heterocycles. The Bertz CT molecular complexity index is 415. The van der Waals surface area contributed by atoms with Gasteiger partial charge in [0.2, 0.25) is 0 Å². The van der Waals surface area contributed by atoms with Crippen LogP contribution in [0.3, 0.4) is 0 Å². The molecule has 1 atom stereocenters. The molecule has 0 saturated heterocycles. The van der Waals surface area contributed by atoms with Gasteiger partial charge in [0.15, 0.2) is 0 Å². The van der Waals surface area contributed by atoms with Crippen molar-refractivity contribution in [3.8, 4) is 0 Å². The Balaban J connectivity index is 2.83. The number of nitrogens with zero attached hydrogens (tertiary/aromatic N) is 2. The minimum atomic E-state index is 0.101. The van der Waals surface area contributed by atoms with Gasteiger partial charge in [-0.05, 0) is 46.2 Å². The summed E-state index contributed by atoms with van der Waals surface area (Å²) >= 11 is 0. The molecule has 4 heteroatoms. The number of hydrogen-bond acceptors (Lipinski definition) is 4. The van der Waals surface area contributed by atoms with Crippen LogP contribution in [0.5, 0.6) is 0 Å². The van der Waals surface area contributed by atoms with Crippen LogP contribution in [0.4, 0.5) is 5.69 Å². The summed E-state index contributed by atoms with van der Waals surface area (Å²) in [5.74, 6) is 0. The van der Waals surface area contributed by atoms with Gasteiger partial charge in [0.25, 0.3) is 0 Å². The van der Waals surface area contributed by atoms with E-state index in [1.54, 1.807) is 7.11 Å². The third-order valence-electron chi connectivity index (χ3n) is 3.59. The molecule has 1 heterocycles. The summed E-state index contributed by atoms with van der Waals surface area (Å²) in [6.45, 7) is 13.4. The first kappa shape index (κ1) is 17.9. The van der Waals surface area contributed by atoms with Gasteiger partial charge >= 0.3 is 0 Å². The third kappa shape index (κ3) is 6.44. The van der Waals surface area contributed by atoms with E-state index in [0.717, 1.165) is 31.8 Å². The number of hydrogen-bond donors (Lipinski definition) is 1. The van der Waals surface area contributed by atoms with Crippen LogP contribution in [0.15, 0.2) is 18.3 Å². The van der Waals surface area contributed by atoms with E-state index in [2.05, 4.69) is 62.0 Å². The molecule has 4 nitrogen and oxygen atoms in total. The van der Waals surface area contributed by atoms with E-state index in [-0.39, 0.29) is 5.54 Å². The number of anilines is 1. The molecule has 0 spiro atoms. The normalized spacial score (nSPS) is 13.2. The van der Waals surface area contributed by atoms with Crippen molar-refractivity contribution in [1.82, 2.24) is 10.3 Å². The summed E-state index contributed by atoms with van der Waals surface area (Å²) in [7, 11) is 1.75. The zero-order valence-corrected chi connectivity index (χ0v) is 14.4. The largest absolute Gasteiger partial charge is 0.383 e. The third-order valence-corrected chi connectivity index (χ3v) is 3.59. The molecule has 1 aromatic rings. The van der Waals surface area contributed by atoms with Crippen LogP contribution in [0.25, 0.3) is 0 Å². The average molecular weight is 293 g/mol. The zero-order chi connectivity index (χ0) is 15.9. The molecule has 0 saturated carbocycles. The van der Waals surface area contributed by atoms with E-state index in [1.165, 1.54) is 5.69 Å². The Morgan fingerprint density at radius 1 is 1.38 bits per heavy atom. The summed E-state index contributed by atoms with van der Waals surface area (Å²) in [6.07, 6.45) is 3.01. The van der Waals surface area contributed by atoms with Crippen molar-refractivity contribution in [2.45, 2.75) is 59.2 Å². The van der Waals surface area contributed by atoms with E-state index in [4.69, 9.17) is 4.74 Å². The first-order valence-electron chi connectivity index (χ1n) is 7.83. The molecule has 0 aliphatic carbocycles. The monoisotopic (exact) mass is 293 g/mol. The fraction of sp³-hybridized carbons (Fsp3) is 0.706. The van der Waals surface area contributed by atoms with Crippen LogP contribution >= 0.6 is 0 Å². The molecule has 1 unspecified atom stereocenters. The number of methoxy groups -OCH3 is 1. The molecule has 1 N–H and O–H groups in total. The molecule has 120 valence electrons. The standard InChI is InChI=1S/C17H31N3O/c1-7-14(2)20(10-11-21-6)16-8-9-18-15(12-16)13-19-17(3,4)5/h8-9,12,14,19H,7,10-11,13H2,1-6H3. The number of rotatable bonds is 8. The Labute approximate surface area is 129 Å². The van der Waals surface area contributed by atoms with Gasteiger partial charge in [-0.3, -0.25) is 4.98 Å². The van der Waals surface area contributed by atoms with Crippen LogP contribution in [-0.4, -0.2) is 36.8 Å². The zero-order valence-electron chi connectivity index (χ0n) is 14.4. The van der Waals surface area contributed by atoms with Gasteiger partial charge in [-0.25, -0.2) is 0 Å². The van der Waals surface area contributed by atoms with Crippen molar-refractivity contribution in [3.05, 3.63) is 24.0 Å². The number of aromatic nitrogens is 1. The lowest BCUT2D eigenvalue weighted by atomic mass is 10.1. The summed E-state index contributed by atoms with van der Waals surface area (Å²) in [6, 6.07) is 4.76. The molecule has 21 heavy (non-hydrogen) atoms. The molecule has 0 bridgehead atoms. The van der Waals surface area contributed by atoms with E-state index >= 15 is 0 Å². The molecule has 0 amide bonds. The van der Waals surface area contributed by atoms with Crippen LogP contribution in [-0.2, 0) is 11.3 Å². The van der Waals surface area contributed by atoms with Gasteiger partial charge in [0.05, 0.1) is 12.3 Å². The van der Waals surface area contributed by atoms with Gasteiger partial charge in [0.1, 0.15) is 0 Å². The number of ether oxygens (including phenoxy) is 1. The van der Waals surface area contributed by atoms with Crippen molar-refractivity contribution in [1.29, 1.82) is 0 Å². The van der Waals surface area contributed by atoms with Gasteiger partial charge in [0, 0.05) is 43.7 Å². The molecule has 0 fully saturated rings. The molecule has 0 aromatic carbocycles. The van der Waals surface area contributed by atoms with Crippen molar-refractivity contribution in [2.75, 3.05) is 25.2 Å². The molecule has 0 radical (unpaired) electrons. The maximum absolute atomic E-state index is 5.24. The highest BCUT2D eigenvalue weighted by molar-refractivity contribution is 5.47. The topological polar surface area (TPSA) is 37.4 Å². The molecular formula is C17H31N3O. The highest BCUT2D eigenvalue weighted by Gasteiger charge is 2.14. The maximum atomic E-state index is 5.24. The van der Waals surface area contributed by atoms with Crippen molar-refractivity contribution >= 4 is 5.69 Å². The quantitative estimate of drug-likeness (QED) is 0.798. The SMILES string of the molecule is CCC(C)N(CCOC)c1ccnc(CNC(C)(C)C)c1. The Morgan fingerprint density at radius 3 is 2.67 bits per heavy atom. The molecule has 0 aliphatic rings. The van der Waals surface area contributed by atoms with Crippen LogP contribution in [0.2, 0.25) is 0 Å². The lowest BCUT2D eigenvalue weighted by Crippen LogP contribution is -2.36. The van der Waals surface area contributed by atoms with E-state index < -0.39 is 0 Å². The highest BCUT2D eigenvalue weighted by Crippen LogP contribution is 2.19. The smallest absolute Gasteiger partial charge is 0.0637 e. The van der Waals surface area contributed by atoms with Gasteiger partial charge in [-0.15, -0.1) is 0 Å². The minimum absolute atomic E-state index is 0.101. The van der Waals surface area contributed by atoms with Crippen molar-refractivity contribution in [2.24, 2.45) is 0 Å². The Hall–Kier alpha value is -1.13. The molecular weight excluding hydrogens is 262 g/mol. The van der Waals surface area contributed by atoms with Gasteiger partial charge in [-0.1, -0.05) is 6.92 Å². The molecule has 1 aromatic heterocycles. The van der Waals surface area contributed by atoms with Crippen molar-refractivity contribution < 1.29 is 4.74 Å². The van der Waals surface area contributed by atoms with Gasteiger partial charge < -0.3 is 15.0 Å². The lowest BCUT2D eigenvalue weighted by Gasteiger charge is -2.31. The maximum Gasteiger partial charge on any atom is 0.0637 e. The number of nitrogens with one attached hydrogen (secondary N) is 1. The summed E-state index contributed by atoms with van der Waals surface area (Å²) < 4.78 is 5.24. The fourth-order valence-electron chi connectivity index (χ4n) is 2.11. The van der Waals surface area contributed by atoms with E-state index in [1.807, 2.05) is 6.20 Å². The predicted molar refractivity (Wildman–Crippen MR) is 89.8 cm³/mol. The van der Waals surface area contributed by atoms with E-state index in [9.17, 15) is 0 Å². The highest BCUT2D eigenvalue weighted by atomic mass is 16.5. The van der Waals surface area contributed by atoms with Gasteiger partial charge in [-0.2, -0.15) is 0 Å². The first-order valence-corrected chi connectivity index (χ1v) is 7.83. The predicted octanol–water partition coefficient (Wildman–Crippen LogP) is 3.22. The Kier molecular flexibility index (Phi) is 7.12. The lowest BCUT2D eigenvalue weighted by molar-refractivity contribution is 0.203. The Morgan fingerprint density at radius 2 is 2.10 bits per heavy atom. The fourth-order valence-corrected chi connectivity index (χ4v) is 2.11. The van der Waals surface area contributed by atoms with Crippen LogP contribution < -0.4 is 10.2 Å². The second kappa shape index (κ2) is 8.35. The number of pyridine rings is 1.